The van der Waals surface area contributed by atoms with Crippen LogP contribution < -0.4 is 11.2 Å². The van der Waals surface area contributed by atoms with E-state index in [0.29, 0.717) is 16.8 Å². The van der Waals surface area contributed by atoms with Crippen molar-refractivity contribution < 1.29 is 0 Å². The van der Waals surface area contributed by atoms with Crippen molar-refractivity contribution in [3.8, 4) is 0 Å². The molecule has 0 aliphatic rings. The van der Waals surface area contributed by atoms with Gasteiger partial charge in [-0.1, -0.05) is 6.92 Å². The average molecular weight is 279 g/mol. The SMILES string of the molecule is CC(CS)Cn1cc(Br)c(=O)[nH]c1=O. The molecule has 1 rings (SSSR count). The predicted octanol–water partition coefficient (Wildman–Crippen LogP) is 0.865. The summed E-state index contributed by atoms with van der Waals surface area (Å²) >= 11 is 7.20. The summed E-state index contributed by atoms with van der Waals surface area (Å²) in [6, 6.07) is 0. The van der Waals surface area contributed by atoms with Crippen LogP contribution in [0.1, 0.15) is 6.92 Å². The van der Waals surface area contributed by atoms with E-state index in [0.717, 1.165) is 0 Å². The van der Waals surface area contributed by atoms with Crippen LogP contribution in [0, 0.1) is 5.92 Å². The van der Waals surface area contributed by atoms with Gasteiger partial charge in [0.15, 0.2) is 0 Å². The van der Waals surface area contributed by atoms with Crippen LogP contribution >= 0.6 is 28.6 Å². The predicted molar refractivity (Wildman–Crippen MR) is 62.0 cm³/mol. The molecular formula is C8H11BrN2O2S. The number of nitrogens with one attached hydrogen (secondary N) is 1. The van der Waals surface area contributed by atoms with Crippen LogP contribution in [0.3, 0.4) is 0 Å². The van der Waals surface area contributed by atoms with Crippen LogP contribution in [0.5, 0.6) is 0 Å². The number of hydrogen-bond acceptors (Lipinski definition) is 3. The maximum Gasteiger partial charge on any atom is 0.328 e. The molecule has 0 spiro atoms. The molecule has 1 N–H and O–H groups in total. The van der Waals surface area contributed by atoms with Gasteiger partial charge in [-0.3, -0.25) is 14.3 Å². The molecule has 1 unspecified atom stereocenters. The molecule has 1 atom stereocenters. The number of rotatable bonds is 3. The van der Waals surface area contributed by atoms with E-state index in [9.17, 15) is 9.59 Å². The molecule has 0 bridgehead atoms. The minimum absolute atomic E-state index is 0.286. The number of aromatic amines is 1. The molecule has 4 nitrogen and oxygen atoms in total. The van der Waals surface area contributed by atoms with Gasteiger partial charge in [0.1, 0.15) is 0 Å². The summed E-state index contributed by atoms with van der Waals surface area (Å²) in [5.41, 5.74) is -0.781. The maximum absolute atomic E-state index is 11.3. The fourth-order valence-electron chi connectivity index (χ4n) is 1.01. The lowest BCUT2D eigenvalue weighted by Crippen LogP contribution is -2.31. The lowest BCUT2D eigenvalue weighted by Gasteiger charge is -2.09. The molecule has 6 heteroatoms. The third-order valence-electron chi connectivity index (χ3n) is 1.79. The average Bonchev–Trinajstić information content (AvgIpc) is 2.14. The Morgan fingerprint density at radius 2 is 2.29 bits per heavy atom. The molecule has 0 fully saturated rings. The van der Waals surface area contributed by atoms with Crippen molar-refractivity contribution in [2.45, 2.75) is 13.5 Å². The molecule has 0 amide bonds. The molecule has 14 heavy (non-hydrogen) atoms. The van der Waals surface area contributed by atoms with Crippen molar-refractivity contribution in [1.29, 1.82) is 0 Å². The van der Waals surface area contributed by atoms with Gasteiger partial charge >= 0.3 is 5.69 Å². The van der Waals surface area contributed by atoms with Gasteiger partial charge in [-0.05, 0) is 27.6 Å². The fraction of sp³-hybridized carbons (Fsp3) is 0.500. The number of H-pyrrole nitrogens is 1. The van der Waals surface area contributed by atoms with Crippen LogP contribution in [0.25, 0.3) is 0 Å². The first kappa shape index (κ1) is 11.6. The number of aromatic nitrogens is 2. The zero-order valence-corrected chi connectivity index (χ0v) is 10.1. The van der Waals surface area contributed by atoms with Crippen molar-refractivity contribution in [3.63, 3.8) is 0 Å². The zero-order chi connectivity index (χ0) is 10.7. The Balaban J connectivity index is 3.04. The van der Waals surface area contributed by atoms with Crippen LogP contribution in [-0.4, -0.2) is 15.3 Å². The molecule has 0 saturated carbocycles. The molecule has 0 aliphatic heterocycles. The van der Waals surface area contributed by atoms with E-state index in [1.807, 2.05) is 6.92 Å². The highest BCUT2D eigenvalue weighted by Crippen LogP contribution is 2.03. The standard InChI is InChI=1S/C8H11BrN2O2S/c1-5(4-14)2-11-3-6(9)7(12)10-8(11)13/h3,5,14H,2,4H2,1H3,(H,10,12,13). The number of nitrogens with zero attached hydrogens (tertiary/aromatic N) is 1. The first-order chi connectivity index (χ1) is 6.54. The van der Waals surface area contributed by atoms with E-state index < -0.39 is 5.56 Å². The topological polar surface area (TPSA) is 54.9 Å². The number of halogens is 1. The number of hydrogen-bond donors (Lipinski definition) is 2. The van der Waals surface area contributed by atoms with Gasteiger partial charge in [0, 0.05) is 12.7 Å². The van der Waals surface area contributed by atoms with Crippen molar-refractivity contribution in [3.05, 3.63) is 31.5 Å². The second-order valence-electron chi connectivity index (χ2n) is 3.18. The largest absolute Gasteiger partial charge is 0.328 e. The minimum Gasteiger partial charge on any atom is -0.299 e. The van der Waals surface area contributed by atoms with Crippen LogP contribution in [0.2, 0.25) is 0 Å². The summed E-state index contributed by atoms with van der Waals surface area (Å²) in [5.74, 6) is 0.984. The fourth-order valence-corrected chi connectivity index (χ4v) is 1.47. The Morgan fingerprint density at radius 1 is 1.64 bits per heavy atom. The Kier molecular flexibility index (Phi) is 4.00. The van der Waals surface area contributed by atoms with Crippen molar-refractivity contribution in [2.24, 2.45) is 5.92 Å². The van der Waals surface area contributed by atoms with Crippen LogP contribution in [-0.2, 0) is 6.54 Å². The van der Waals surface area contributed by atoms with Gasteiger partial charge in [-0.25, -0.2) is 4.79 Å². The summed E-state index contributed by atoms with van der Waals surface area (Å²) in [6.07, 6.45) is 1.50. The normalized spacial score (nSPS) is 12.8. The quantitative estimate of drug-likeness (QED) is 0.806. The first-order valence-corrected chi connectivity index (χ1v) is 5.57. The lowest BCUT2D eigenvalue weighted by molar-refractivity contribution is 0.508. The van der Waals surface area contributed by atoms with Crippen LogP contribution in [0.15, 0.2) is 20.3 Å². The molecule has 78 valence electrons. The molecule has 0 aromatic carbocycles. The highest BCUT2D eigenvalue weighted by molar-refractivity contribution is 9.10. The van der Waals surface area contributed by atoms with E-state index in [1.165, 1.54) is 10.8 Å². The molecule has 0 radical (unpaired) electrons. The van der Waals surface area contributed by atoms with Crippen molar-refractivity contribution in [2.75, 3.05) is 5.75 Å². The Hall–Kier alpha value is -0.490. The Labute approximate surface area is 94.9 Å². The molecule has 1 aromatic heterocycles. The molecule has 0 saturated heterocycles. The maximum atomic E-state index is 11.3. The van der Waals surface area contributed by atoms with Crippen molar-refractivity contribution >= 4 is 28.6 Å². The van der Waals surface area contributed by atoms with E-state index in [4.69, 9.17) is 0 Å². The van der Waals surface area contributed by atoms with Gasteiger partial charge in [-0.2, -0.15) is 12.6 Å². The van der Waals surface area contributed by atoms with E-state index in [2.05, 4.69) is 33.5 Å². The smallest absolute Gasteiger partial charge is 0.299 e. The minimum atomic E-state index is -0.398. The van der Waals surface area contributed by atoms with Gasteiger partial charge in [0.25, 0.3) is 5.56 Å². The first-order valence-electron chi connectivity index (χ1n) is 4.14. The van der Waals surface area contributed by atoms with E-state index in [-0.39, 0.29) is 11.6 Å². The van der Waals surface area contributed by atoms with Gasteiger partial charge in [-0.15, -0.1) is 0 Å². The molecule has 1 heterocycles. The monoisotopic (exact) mass is 278 g/mol. The summed E-state index contributed by atoms with van der Waals surface area (Å²) in [4.78, 5) is 24.5. The third-order valence-corrected chi connectivity index (χ3v) is 2.98. The zero-order valence-electron chi connectivity index (χ0n) is 7.66. The Bertz CT molecular complexity index is 426. The second kappa shape index (κ2) is 4.84. The van der Waals surface area contributed by atoms with Crippen molar-refractivity contribution in [1.82, 2.24) is 9.55 Å². The summed E-state index contributed by atoms with van der Waals surface area (Å²) in [6.45, 7) is 2.54. The summed E-state index contributed by atoms with van der Waals surface area (Å²) in [5, 5.41) is 0. The molecule has 0 aliphatic carbocycles. The van der Waals surface area contributed by atoms with E-state index >= 15 is 0 Å². The molecule has 1 aromatic rings. The van der Waals surface area contributed by atoms with Gasteiger partial charge in [0.2, 0.25) is 0 Å². The number of thiol groups is 1. The molecular weight excluding hydrogens is 268 g/mol. The highest BCUT2D eigenvalue weighted by atomic mass is 79.9. The second-order valence-corrected chi connectivity index (χ2v) is 4.40. The van der Waals surface area contributed by atoms with Gasteiger partial charge < -0.3 is 0 Å². The third kappa shape index (κ3) is 2.75. The summed E-state index contributed by atoms with van der Waals surface area (Å²) in [7, 11) is 0. The van der Waals surface area contributed by atoms with Gasteiger partial charge in [0.05, 0.1) is 4.47 Å². The lowest BCUT2D eigenvalue weighted by atomic mass is 10.2. The van der Waals surface area contributed by atoms with Crippen LogP contribution in [0.4, 0.5) is 0 Å². The highest BCUT2D eigenvalue weighted by Gasteiger charge is 2.05. The Morgan fingerprint density at radius 3 is 2.86 bits per heavy atom. The summed E-state index contributed by atoms with van der Waals surface area (Å²) < 4.78 is 1.83. The van der Waals surface area contributed by atoms with E-state index in [1.54, 1.807) is 0 Å².